The number of hydrogen-bond donors (Lipinski definition) is 1. The molecule has 3 amide bonds. The van der Waals surface area contributed by atoms with Crippen LogP contribution in [-0.4, -0.2) is 35.1 Å². The number of ether oxygens (including phenoxy) is 2. The number of halogens is 2. The van der Waals surface area contributed by atoms with E-state index in [4.69, 9.17) is 9.47 Å². The summed E-state index contributed by atoms with van der Waals surface area (Å²) in [7, 11) is 0. The molecular weight excluding hydrogens is 563 g/mol. The highest BCUT2D eigenvalue weighted by Crippen LogP contribution is 2.34. The lowest BCUT2D eigenvalue weighted by Gasteiger charge is -2.13. The number of amides is 3. The molecule has 0 aromatic heterocycles. The number of nitrogens with one attached hydrogen (secondary N) is 1. The van der Waals surface area contributed by atoms with E-state index in [-0.39, 0.29) is 17.3 Å². The van der Waals surface area contributed by atoms with E-state index < -0.39 is 23.6 Å². The zero-order valence-corrected chi connectivity index (χ0v) is 22.1. The average Bonchev–Trinajstić information content (AvgIpc) is 3.12. The van der Waals surface area contributed by atoms with E-state index in [0.29, 0.717) is 39.4 Å². The molecule has 0 unspecified atom stereocenters. The third-order valence-electron chi connectivity index (χ3n) is 5.16. The molecule has 1 N–H and O–H groups in total. The molecule has 37 heavy (non-hydrogen) atoms. The van der Waals surface area contributed by atoms with Gasteiger partial charge in [0.25, 0.3) is 11.1 Å². The summed E-state index contributed by atoms with van der Waals surface area (Å²) < 4.78 is 25.1. The molecule has 1 heterocycles. The fourth-order valence-electron chi connectivity index (χ4n) is 3.44. The molecule has 0 atom stereocenters. The number of thioether (sulfide) groups is 1. The Morgan fingerprint density at radius 2 is 1.86 bits per heavy atom. The Kier molecular flexibility index (Phi) is 8.62. The molecule has 1 fully saturated rings. The first-order chi connectivity index (χ1) is 17.8. The maximum atomic E-state index is 13.4. The van der Waals surface area contributed by atoms with E-state index in [9.17, 15) is 18.8 Å². The van der Waals surface area contributed by atoms with Crippen molar-refractivity contribution in [1.29, 1.82) is 0 Å². The van der Waals surface area contributed by atoms with Gasteiger partial charge in [-0.2, -0.15) is 0 Å². The van der Waals surface area contributed by atoms with E-state index >= 15 is 0 Å². The van der Waals surface area contributed by atoms with Crippen LogP contribution in [0.2, 0.25) is 0 Å². The van der Waals surface area contributed by atoms with Crippen LogP contribution in [0, 0.1) is 5.82 Å². The van der Waals surface area contributed by atoms with Crippen LogP contribution in [0.4, 0.5) is 14.9 Å². The van der Waals surface area contributed by atoms with Crippen LogP contribution in [0.25, 0.3) is 6.08 Å². The largest absolute Gasteiger partial charge is 0.494 e. The lowest BCUT2D eigenvalue weighted by atomic mass is 10.2. The van der Waals surface area contributed by atoms with E-state index in [1.54, 1.807) is 60.7 Å². The van der Waals surface area contributed by atoms with Crippen molar-refractivity contribution in [2.45, 2.75) is 13.5 Å². The maximum Gasteiger partial charge on any atom is 0.294 e. The van der Waals surface area contributed by atoms with Gasteiger partial charge in [0.15, 0.2) is 0 Å². The third kappa shape index (κ3) is 6.99. The van der Waals surface area contributed by atoms with Crippen molar-refractivity contribution >= 4 is 56.5 Å². The second-order valence-electron chi connectivity index (χ2n) is 7.88. The van der Waals surface area contributed by atoms with Crippen molar-refractivity contribution in [2.24, 2.45) is 0 Å². The first kappa shape index (κ1) is 26.4. The van der Waals surface area contributed by atoms with Crippen molar-refractivity contribution in [2.75, 3.05) is 18.5 Å². The summed E-state index contributed by atoms with van der Waals surface area (Å²) in [5, 5.41) is 2.15. The molecule has 1 aliphatic rings. The number of imide groups is 1. The van der Waals surface area contributed by atoms with Gasteiger partial charge < -0.3 is 14.8 Å². The SMILES string of the molecule is CCOc1ccc(NC(=O)CN2C(=O)S/C(=C/c3ccc(OCc4cccc(F)c4)c(Br)c3)C2=O)cc1. The Balaban J connectivity index is 1.37. The van der Waals surface area contributed by atoms with E-state index in [1.165, 1.54) is 12.1 Å². The lowest BCUT2D eigenvalue weighted by Crippen LogP contribution is -2.36. The van der Waals surface area contributed by atoms with Crippen LogP contribution >= 0.6 is 27.7 Å². The molecule has 7 nitrogen and oxygen atoms in total. The van der Waals surface area contributed by atoms with Gasteiger partial charge >= 0.3 is 0 Å². The monoisotopic (exact) mass is 584 g/mol. The van der Waals surface area contributed by atoms with Gasteiger partial charge in [-0.1, -0.05) is 18.2 Å². The smallest absolute Gasteiger partial charge is 0.294 e. The molecule has 0 spiro atoms. The normalized spacial score (nSPS) is 14.2. The van der Waals surface area contributed by atoms with Crippen LogP contribution in [0.5, 0.6) is 11.5 Å². The van der Waals surface area contributed by atoms with Crippen LogP contribution in [-0.2, 0) is 16.2 Å². The molecule has 1 saturated heterocycles. The molecule has 4 rings (SSSR count). The first-order valence-corrected chi connectivity index (χ1v) is 12.9. The predicted molar refractivity (Wildman–Crippen MR) is 144 cm³/mol. The molecule has 10 heteroatoms. The van der Waals surface area contributed by atoms with Crippen LogP contribution < -0.4 is 14.8 Å². The molecule has 0 aliphatic carbocycles. The molecule has 0 radical (unpaired) electrons. The molecular formula is C27H22BrFN2O5S. The van der Waals surface area contributed by atoms with Gasteiger partial charge in [-0.25, -0.2) is 4.39 Å². The highest BCUT2D eigenvalue weighted by molar-refractivity contribution is 9.10. The Bertz CT molecular complexity index is 1360. The number of anilines is 1. The fraction of sp³-hybridized carbons (Fsp3) is 0.148. The summed E-state index contributed by atoms with van der Waals surface area (Å²) in [4.78, 5) is 38.8. The first-order valence-electron chi connectivity index (χ1n) is 11.3. The van der Waals surface area contributed by atoms with Crippen molar-refractivity contribution in [3.63, 3.8) is 0 Å². The summed E-state index contributed by atoms with van der Waals surface area (Å²) in [6.07, 6.45) is 1.58. The van der Waals surface area contributed by atoms with Gasteiger partial charge in [0.1, 0.15) is 30.5 Å². The molecule has 0 saturated carbocycles. The Labute approximate surface area is 225 Å². The van der Waals surface area contributed by atoms with E-state index in [1.807, 2.05) is 6.92 Å². The minimum Gasteiger partial charge on any atom is -0.494 e. The van der Waals surface area contributed by atoms with Crippen molar-refractivity contribution in [1.82, 2.24) is 4.90 Å². The molecule has 190 valence electrons. The number of nitrogens with zero attached hydrogens (tertiary/aromatic N) is 1. The van der Waals surface area contributed by atoms with Gasteiger partial charge in [0.2, 0.25) is 5.91 Å². The summed E-state index contributed by atoms with van der Waals surface area (Å²) >= 11 is 4.21. The van der Waals surface area contributed by atoms with Gasteiger partial charge in [0.05, 0.1) is 16.0 Å². The highest BCUT2D eigenvalue weighted by Gasteiger charge is 2.36. The minimum atomic E-state index is -0.542. The Morgan fingerprint density at radius 3 is 2.57 bits per heavy atom. The summed E-state index contributed by atoms with van der Waals surface area (Å²) in [5.41, 5.74) is 1.88. The Hall–Kier alpha value is -3.63. The third-order valence-corrected chi connectivity index (χ3v) is 6.69. The van der Waals surface area contributed by atoms with Gasteiger partial charge in [-0.3, -0.25) is 19.3 Å². The lowest BCUT2D eigenvalue weighted by molar-refractivity contribution is -0.127. The maximum absolute atomic E-state index is 13.4. The number of benzene rings is 3. The zero-order chi connectivity index (χ0) is 26.4. The average molecular weight is 585 g/mol. The molecule has 1 aliphatic heterocycles. The zero-order valence-electron chi connectivity index (χ0n) is 19.7. The molecule has 3 aromatic rings. The second kappa shape index (κ2) is 12.1. The van der Waals surface area contributed by atoms with E-state index in [0.717, 1.165) is 16.7 Å². The number of rotatable bonds is 9. The number of carbonyl (C=O) groups is 3. The standard InChI is InChI=1S/C27H22BrFN2O5S/c1-2-35-21-9-7-20(8-10-21)30-25(32)15-31-26(33)24(37-27(31)34)14-17-6-11-23(22(28)13-17)36-16-18-4-3-5-19(29)12-18/h3-14H,2,15-16H2,1H3,(H,30,32)/b24-14+. The van der Waals surface area contributed by atoms with Gasteiger partial charge in [0, 0.05) is 5.69 Å². The van der Waals surface area contributed by atoms with Crippen molar-refractivity contribution < 1.29 is 28.2 Å². The fourth-order valence-corrected chi connectivity index (χ4v) is 4.79. The van der Waals surface area contributed by atoms with Crippen LogP contribution in [0.1, 0.15) is 18.1 Å². The predicted octanol–water partition coefficient (Wildman–Crippen LogP) is 6.24. The van der Waals surface area contributed by atoms with Gasteiger partial charge in [-0.15, -0.1) is 0 Å². The van der Waals surface area contributed by atoms with Gasteiger partial charge in [-0.05, 0) is 100 Å². The minimum absolute atomic E-state index is 0.188. The highest BCUT2D eigenvalue weighted by atomic mass is 79.9. The van der Waals surface area contributed by atoms with E-state index in [2.05, 4.69) is 21.2 Å². The van der Waals surface area contributed by atoms with Crippen LogP contribution in [0.3, 0.4) is 0 Å². The summed E-state index contributed by atoms with van der Waals surface area (Å²) in [6, 6.07) is 18.1. The molecule has 3 aromatic carbocycles. The van der Waals surface area contributed by atoms with Crippen molar-refractivity contribution in [3.8, 4) is 11.5 Å². The summed E-state index contributed by atoms with van der Waals surface area (Å²) in [6.45, 7) is 2.20. The van der Waals surface area contributed by atoms with Crippen molar-refractivity contribution in [3.05, 3.63) is 93.1 Å². The topological polar surface area (TPSA) is 84.9 Å². The Morgan fingerprint density at radius 1 is 1.08 bits per heavy atom. The summed E-state index contributed by atoms with van der Waals surface area (Å²) in [5.74, 6) is -0.150. The molecule has 0 bridgehead atoms. The second-order valence-corrected chi connectivity index (χ2v) is 9.73. The number of carbonyl (C=O) groups excluding carboxylic acids is 3. The quantitative estimate of drug-likeness (QED) is 0.300. The van der Waals surface area contributed by atoms with Crippen LogP contribution in [0.15, 0.2) is 76.1 Å². The number of hydrogen-bond acceptors (Lipinski definition) is 6.